The summed E-state index contributed by atoms with van der Waals surface area (Å²) in [4.78, 5) is 13.8. The Morgan fingerprint density at radius 2 is 1.69 bits per heavy atom. The molecule has 0 amide bonds. The van der Waals surface area contributed by atoms with Gasteiger partial charge in [-0.1, -0.05) is 66.9 Å². The van der Waals surface area contributed by atoms with Crippen molar-refractivity contribution in [2.24, 2.45) is 11.8 Å². The van der Waals surface area contributed by atoms with Crippen molar-refractivity contribution in [1.82, 2.24) is 4.31 Å². The van der Waals surface area contributed by atoms with E-state index in [0.717, 1.165) is 31.2 Å². The van der Waals surface area contributed by atoms with Crippen LogP contribution in [0.3, 0.4) is 0 Å². The molecular weight excluding hydrogens is 382 g/mol. The normalized spacial score (nSPS) is 27.3. The molecule has 1 saturated carbocycles. The van der Waals surface area contributed by atoms with E-state index < -0.39 is 16.1 Å². The Morgan fingerprint density at radius 1 is 1.03 bits per heavy atom. The minimum absolute atomic E-state index is 0.138. The topological polar surface area (TPSA) is 54.5 Å². The number of Topliss-reactive ketones (excluding diaryl/α,β-unsaturated/α-hetero) is 1. The maximum Gasteiger partial charge on any atom is 0.244 e. The molecule has 1 aliphatic carbocycles. The van der Waals surface area contributed by atoms with Crippen LogP contribution in [0.4, 0.5) is 0 Å². The number of carbonyl (C=O) groups is 1. The van der Waals surface area contributed by atoms with Crippen molar-refractivity contribution in [3.63, 3.8) is 0 Å². The Morgan fingerprint density at radius 3 is 2.34 bits per heavy atom. The molecule has 0 aromatic heterocycles. The van der Waals surface area contributed by atoms with Crippen LogP contribution in [0.2, 0.25) is 0 Å². The summed E-state index contributed by atoms with van der Waals surface area (Å²) >= 11 is 0. The summed E-state index contributed by atoms with van der Waals surface area (Å²) in [6.07, 6.45) is 5.57. The van der Waals surface area contributed by atoms with Gasteiger partial charge in [0.05, 0.1) is 10.9 Å². The first-order valence-corrected chi connectivity index (χ1v) is 11.7. The fourth-order valence-corrected chi connectivity index (χ4v) is 6.92. The Balaban J connectivity index is 1.84. The van der Waals surface area contributed by atoms with Crippen molar-refractivity contribution in [1.29, 1.82) is 0 Å². The van der Waals surface area contributed by atoms with Crippen LogP contribution in [0.15, 0.2) is 72.1 Å². The van der Waals surface area contributed by atoms with Gasteiger partial charge in [0.2, 0.25) is 10.0 Å². The molecule has 1 aliphatic heterocycles. The molecule has 0 unspecified atom stereocenters. The van der Waals surface area contributed by atoms with E-state index in [-0.39, 0.29) is 28.6 Å². The zero-order valence-electron chi connectivity index (χ0n) is 16.7. The summed E-state index contributed by atoms with van der Waals surface area (Å²) in [5, 5.41) is 0. The lowest BCUT2D eigenvalue weighted by atomic mass is 9.77. The van der Waals surface area contributed by atoms with Crippen LogP contribution in [0, 0.1) is 18.8 Å². The van der Waals surface area contributed by atoms with Crippen molar-refractivity contribution >= 4 is 15.8 Å². The number of sulfonamides is 1. The van der Waals surface area contributed by atoms with Crippen molar-refractivity contribution in [3.05, 3.63) is 78.4 Å². The van der Waals surface area contributed by atoms with E-state index in [4.69, 9.17) is 0 Å². The maximum absolute atomic E-state index is 13.7. The van der Waals surface area contributed by atoms with Crippen molar-refractivity contribution in [3.8, 4) is 0 Å². The lowest BCUT2D eigenvalue weighted by Crippen LogP contribution is -2.46. The van der Waals surface area contributed by atoms with E-state index in [1.54, 1.807) is 42.5 Å². The molecule has 1 heterocycles. The lowest BCUT2D eigenvalue weighted by molar-refractivity contribution is 0.0890. The number of nitrogens with zero attached hydrogens (tertiary/aromatic N) is 1. The molecule has 0 N–H and O–H groups in total. The van der Waals surface area contributed by atoms with Gasteiger partial charge in [0.15, 0.2) is 5.78 Å². The number of ketones is 1. The van der Waals surface area contributed by atoms with E-state index in [0.29, 0.717) is 5.56 Å². The minimum Gasteiger partial charge on any atom is -0.292 e. The number of hydrogen-bond donors (Lipinski definition) is 0. The summed E-state index contributed by atoms with van der Waals surface area (Å²) < 4.78 is 29.0. The van der Waals surface area contributed by atoms with Crippen molar-refractivity contribution in [2.45, 2.75) is 49.6 Å². The minimum atomic E-state index is -3.81. The van der Waals surface area contributed by atoms with E-state index in [2.05, 4.69) is 6.58 Å². The van der Waals surface area contributed by atoms with Gasteiger partial charge >= 0.3 is 0 Å². The number of rotatable bonds is 5. The predicted octanol–water partition coefficient (Wildman–Crippen LogP) is 4.61. The van der Waals surface area contributed by atoms with Crippen LogP contribution >= 0.6 is 0 Å². The highest BCUT2D eigenvalue weighted by atomic mass is 32.2. The van der Waals surface area contributed by atoms with E-state index >= 15 is 0 Å². The van der Waals surface area contributed by atoms with E-state index in [9.17, 15) is 13.2 Å². The third kappa shape index (κ3) is 3.47. The summed E-state index contributed by atoms with van der Waals surface area (Å²) in [5.41, 5.74) is 1.55. The molecule has 152 valence electrons. The Kier molecular flexibility index (Phi) is 5.45. The van der Waals surface area contributed by atoms with Gasteiger partial charge in [-0.3, -0.25) is 4.79 Å². The first-order chi connectivity index (χ1) is 13.9. The zero-order valence-corrected chi connectivity index (χ0v) is 17.5. The fraction of sp³-hybridized carbons (Fsp3) is 0.375. The number of carbonyl (C=O) groups excluding carboxylic acids is 1. The van der Waals surface area contributed by atoms with Gasteiger partial charge < -0.3 is 0 Å². The molecule has 0 bridgehead atoms. The van der Waals surface area contributed by atoms with Gasteiger partial charge in [0.25, 0.3) is 0 Å². The molecule has 2 fully saturated rings. The SMILES string of the molecule is C=C[C@@H]1[C@H]2CCCC[C@H]2N(S(=O)(=O)c2ccc(C)cc2)[C@H]1C(=O)c1ccccc1. The van der Waals surface area contributed by atoms with Crippen molar-refractivity contribution in [2.75, 3.05) is 0 Å². The fourth-order valence-electron chi connectivity index (χ4n) is 5.04. The lowest BCUT2D eigenvalue weighted by Gasteiger charge is -2.32. The van der Waals surface area contributed by atoms with Crippen molar-refractivity contribution < 1.29 is 13.2 Å². The van der Waals surface area contributed by atoms with Crippen LogP contribution in [-0.2, 0) is 10.0 Å². The second-order valence-corrected chi connectivity index (χ2v) is 10.00. The highest BCUT2D eigenvalue weighted by Crippen LogP contribution is 2.47. The molecule has 5 heteroatoms. The second kappa shape index (κ2) is 7.88. The summed E-state index contributed by atoms with van der Waals surface area (Å²) in [5.74, 6) is -0.173. The molecule has 4 atom stereocenters. The molecule has 0 spiro atoms. The Hall–Kier alpha value is -2.24. The van der Waals surface area contributed by atoms with Crippen LogP contribution in [0.25, 0.3) is 0 Å². The zero-order chi connectivity index (χ0) is 20.6. The number of benzene rings is 2. The molecule has 4 nitrogen and oxygen atoms in total. The molecule has 4 rings (SSSR count). The summed E-state index contributed by atoms with van der Waals surface area (Å²) in [6, 6.07) is 15.0. The monoisotopic (exact) mass is 409 g/mol. The average molecular weight is 410 g/mol. The number of aryl methyl sites for hydroxylation is 1. The van der Waals surface area contributed by atoms with Gasteiger partial charge in [-0.15, -0.1) is 6.58 Å². The highest BCUT2D eigenvalue weighted by molar-refractivity contribution is 7.89. The maximum atomic E-state index is 13.7. The van der Waals surface area contributed by atoms with E-state index in [1.165, 1.54) is 4.31 Å². The number of fused-ring (bicyclic) bond motifs is 1. The van der Waals surface area contributed by atoms with Crippen LogP contribution < -0.4 is 0 Å². The average Bonchev–Trinajstić information content (AvgIpc) is 3.09. The summed E-state index contributed by atoms with van der Waals surface area (Å²) in [7, 11) is -3.81. The standard InChI is InChI=1S/C24H27NO3S/c1-3-20-21-11-7-8-12-22(21)25(23(20)24(26)18-9-5-4-6-10-18)29(27,28)19-15-13-17(2)14-16-19/h3-6,9-10,13-16,20-23H,1,7-8,11-12H2,2H3/t20-,21-,22-,23-/m1/s1. The molecule has 2 aromatic carbocycles. The number of hydrogen-bond acceptors (Lipinski definition) is 3. The first kappa shape index (κ1) is 20.0. The molecule has 0 radical (unpaired) electrons. The van der Waals surface area contributed by atoms with Gasteiger partial charge in [0, 0.05) is 17.5 Å². The molecular formula is C24H27NO3S. The largest absolute Gasteiger partial charge is 0.292 e. The van der Waals surface area contributed by atoms with Crippen LogP contribution in [0.5, 0.6) is 0 Å². The van der Waals surface area contributed by atoms with E-state index in [1.807, 2.05) is 25.1 Å². The van der Waals surface area contributed by atoms with Gasteiger partial charge in [-0.2, -0.15) is 4.31 Å². The quantitative estimate of drug-likeness (QED) is 0.535. The first-order valence-electron chi connectivity index (χ1n) is 10.3. The molecule has 2 aliphatic rings. The van der Waals surface area contributed by atoms with Crippen LogP contribution in [0.1, 0.15) is 41.6 Å². The highest BCUT2D eigenvalue weighted by Gasteiger charge is 2.55. The smallest absolute Gasteiger partial charge is 0.244 e. The second-order valence-electron chi connectivity index (χ2n) is 8.15. The predicted molar refractivity (Wildman–Crippen MR) is 114 cm³/mol. The summed E-state index contributed by atoms with van der Waals surface area (Å²) in [6.45, 7) is 5.92. The Labute approximate surface area is 173 Å². The van der Waals surface area contributed by atoms with Crippen LogP contribution in [-0.4, -0.2) is 30.6 Å². The Bertz CT molecular complexity index is 998. The van der Waals surface area contributed by atoms with Gasteiger partial charge in [-0.05, 0) is 37.8 Å². The third-order valence-electron chi connectivity index (χ3n) is 6.44. The van der Waals surface area contributed by atoms with Gasteiger partial charge in [0.1, 0.15) is 0 Å². The molecule has 29 heavy (non-hydrogen) atoms. The van der Waals surface area contributed by atoms with Gasteiger partial charge in [-0.25, -0.2) is 8.42 Å². The molecule has 2 aromatic rings. The third-order valence-corrected chi connectivity index (χ3v) is 8.36. The molecule has 1 saturated heterocycles.